The predicted octanol–water partition coefficient (Wildman–Crippen LogP) is 2.78. The molecule has 0 saturated carbocycles. The van der Waals surface area contributed by atoms with E-state index >= 15 is 0 Å². The van der Waals surface area contributed by atoms with Crippen molar-refractivity contribution in [2.24, 2.45) is 0 Å². The number of aromatic nitrogens is 1. The number of pyridine rings is 1. The molecule has 0 aliphatic rings. The van der Waals surface area contributed by atoms with Crippen molar-refractivity contribution >= 4 is 11.7 Å². The lowest BCUT2D eigenvalue weighted by Crippen LogP contribution is -2.31. The predicted molar refractivity (Wildman–Crippen MR) is 74.9 cm³/mol. The molecule has 0 saturated heterocycles. The Labute approximate surface area is 109 Å². The monoisotopic (exact) mass is 249 g/mol. The third kappa shape index (κ3) is 4.02. The van der Waals surface area contributed by atoms with Gasteiger partial charge in [0.15, 0.2) is 0 Å². The highest BCUT2D eigenvalue weighted by atomic mass is 16.2. The van der Waals surface area contributed by atoms with Crippen molar-refractivity contribution in [3.8, 4) is 0 Å². The minimum absolute atomic E-state index is 0.0708. The Kier molecular flexibility index (Phi) is 6.19. The van der Waals surface area contributed by atoms with Crippen molar-refractivity contribution in [3.63, 3.8) is 0 Å². The molecule has 100 valence electrons. The molecule has 0 aromatic carbocycles. The Morgan fingerprint density at radius 1 is 1.33 bits per heavy atom. The van der Waals surface area contributed by atoms with Crippen LogP contribution in [0.5, 0.6) is 0 Å². The molecule has 0 unspecified atom stereocenters. The van der Waals surface area contributed by atoms with Gasteiger partial charge in [0.25, 0.3) is 5.91 Å². The minimum atomic E-state index is 0.0708. The van der Waals surface area contributed by atoms with E-state index in [1.165, 1.54) is 0 Å². The van der Waals surface area contributed by atoms with Crippen molar-refractivity contribution in [3.05, 3.63) is 23.9 Å². The molecule has 18 heavy (non-hydrogen) atoms. The molecule has 4 heteroatoms. The highest BCUT2D eigenvalue weighted by Gasteiger charge is 2.13. The van der Waals surface area contributed by atoms with E-state index in [0.29, 0.717) is 5.56 Å². The summed E-state index contributed by atoms with van der Waals surface area (Å²) in [7, 11) is 0. The number of hydrogen-bond donors (Lipinski definition) is 1. The Bertz CT molecular complexity index is 362. The van der Waals surface area contributed by atoms with Gasteiger partial charge < -0.3 is 10.2 Å². The van der Waals surface area contributed by atoms with E-state index in [1.54, 1.807) is 6.20 Å². The number of anilines is 1. The minimum Gasteiger partial charge on any atom is -0.370 e. The lowest BCUT2D eigenvalue weighted by molar-refractivity contribution is 0.0762. The van der Waals surface area contributed by atoms with Crippen LogP contribution in [0.1, 0.15) is 44.0 Å². The maximum absolute atomic E-state index is 12.2. The van der Waals surface area contributed by atoms with Crippen molar-refractivity contribution in [1.29, 1.82) is 0 Å². The number of carbonyl (C=O) groups excluding carboxylic acids is 1. The first kappa shape index (κ1) is 14.5. The number of rotatable bonds is 7. The molecule has 0 spiro atoms. The molecule has 0 aliphatic heterocycles. The van der Waals surface area contributed by atoms with Crippen LogP contribution < -0.4 is 5.32 Å². The van der Waals surface area contributed by atoms with Crippen LogP contribution in [0, 0.1) is 0 Å². The summed E-state index contributed by atoms with van der Waals surface area (Å²) in [5.41, 5.74) is 0.662. The van der Waals surface area contributed by atoms with E-state index in [4.69, 9.17) is 0 Å². The fourth-order valence-corrected chi connectivity index (χ4v) is 1.74. The summed E-state index contributed by atoms with van der Waals surface area (Å²) in [5, 5.41) is 3.12. The summed E-state index contributed by atoms with van der Waals surface area (Å²) < 4.78 is 0. The van der Waals surface area contributed by atoms with Gasteiger partial charge in [0.05, 0.1) is 5.56 Å². The zero-order valence-corrected chi connectivity index (χ0v) is 11.6. The molecule has 1 heterocycles. The second-order valence-electron chi connectivity index (χ2n) is 4.20. The number of hydrogen-bond acceptors (Lipinski definition) is 3. The molecule has 1 rings (SSSR count). The van der Waals surface area contributed by atoms with Crippen LogP contribution in [0.3, 0.4) is 0 Å². The van der Waals surface area contributed by atoms with Crippen LogP contribution in [-0.4, -0.2) is 35.4 Å². The van der Waals surface area contributed by atoms with Gasteiger partial charge in [-0.25, -0.2) is 4.98 Å². The number of nitrogens with one attached hydrogen (secondary N) is 1. The zero-order valence-electron chi connectivity index (χ0n) is 11.6. The molecule has 0 atom stereocenters. The van der Waals surface area contributed by atoms with Gasteiger partial charge in [0, 0.05) is 25.8 Å². The average molecular weight is 249 g/mol. The second-order valence-corrected chi connectivity index (χ2v) is 4.20. The van der Waals surface area contributed by atoms with Crippen molar-refractivity contribution in [2.75, 3.05) is 25.0 Å². The van der Waals surface area contributed by atoms with Crippen LogP contribution in [0.25, 0.3) is 0 Å². The van der Waals surface area contributed by atoms with E-state index in [0.717, 1.165) is 38.3 Å². The first-order valence-electron chi connectivity index (χ1n) is 6.72. The maximum atomic E-state index is 12.2. The fourth-order valence-electron chi connectivity index (χ4n) is 1.74. The molecule has 0 bridgehead atoms. The Hall–Kier alpha value is -1.58. The van der Waals surface area contributed by atoms with E-state index in [2.05, 4.69) is 17.2 Å². The normalized spacial score (nSPS) is 10.2. The summed E-state index contributed by atoms with van der Waals surface area (Å²) >= 11 is 0. The summed E-state index contributed by atoms with van der Waals surface area (Å²) in [6.07, 6.45) is 3.79. The summed E-state index contributed by atoms with van der Waals surface area (Å²) in [6, 6.07) is 3.69. The quantitative estimate of drug-likeness (QED) is 0.808. The van der Waals surface area contributed by atoms with Gasteiger partial charge in [-0.1, -0.05) is 13.3 Å². The Morgan fingerprint density at radius 2 is 2.11 bits per heavy atom. The molecular formula is C14H23N3O. The van der Waals surface area contributed by atoms with Gasteiger partial charge in [-0.3, -0.25) is 4.79 Å². The molecule has 0 fully saturated rings. The SMILES string of the molecule is CCCCN(CC)C(=O)c1ccc(NCC)nc1. The smallest absolute Gasteiger partial charge is 0.255 e. The van der Waals surface area contributed by atoms with Gasteiger partial charge in [0.2, 0.25) is 0 Å². The standard InChI is InChI=1S/C14H23N3O/c1-4-7-10-17(6-3)14(18)12-8-9-13(15-5-2)16-11-12/h8-9,11H,4-7,10H2,1-3H3,(H,15,16). The zero-order chi connectivity index (χ0) is 13.4. The van der Waals surface area contributed by atoms with Crippen LogP contribution >= 0.6 is 0 Å². The molecule has 4 nitrogen and oxygen atoms in total. The van der Waals surface area contributed by atoms with Gasteiger partial charge in [-0.05, 0) is 32.4 Å². The summed E-state index contributed by atoms with van der Waals surface area (Å²) in [5.74, 6) is 0.882. The van der Waals surface area contributed by atoms with Crippen molar-refractivity contribution < 1.29 is 4.79 Å². The third-order valence-electron chi connectivity index (χ3n) is 2.82. The lowest BCUT2D eigenvalue weighted by atomic mass is 10.2. The van der Waals surface area contributed by atoms with Gasteiger partial charge in [-0.15, -0.1) is 0 Å². The van der Waals surface area contributed by atoms with Crippen LogP contribution in [0.2, 0.25) is 0 Å². The van der Waals surface area contributed by atoms with Gasteiger partial charge in [-0.2, -0.15) is 0 Å². The van der Waals surface area contributed by atoms with Crippen LogP contribution in [0.15, 0.2) is 18.3 Å². The highest BCUT2D eigenvalue weighted by molar-refractivity contribution is 5.94. The molecule has 1 N–H and O–H groups in total. The van der Waals surface area contributed by atoms with Gasteiger partial charge >= 0.3 is 0 Å². The van der Waals surface area contributed by atoms with Gasteiger partial charge in [0.1, 0.15) is 5.82 Å². The van der Waals surface area contributed by atoms with Crippen LogP contribution in [-0.2, 0) is 0 Å². The lowest BCUT2D eigenvalue weighted by Gasteiger charge is -2.20. The second kappa shape index (κ2) is 7.69. The molecule has 1 aromatic heterocycles. The van der Waals surface area contributed by atoms with Crippen molar-refractivity contribution in [2.45, 2.75) is 33.6 Å². The molecule has 0 radical (unpaired) electrons. The van der Waals surface area contributed by atoms with E-state index in [-0.39, 0.29) is 5.91 Å². The maximum Gasteiger partial charge on any atom is 0.255 e. The topological polar surface area (TPSA) is 45.2 Å². The van der Waals surface area contributed by atoms with E-state index in [1.807, 2.05) is 30.9 Å². The Morgan fingerprint density at radius 3 is 2.61 bits per heavy atom. The molecule has 0 aliphatic carbocycles. The molecular weight excluding hydrogens is 226 g/mol. The van der Waals surface area contributed by atoms with Crippen molar-refractivity contribution in [1.82, 2.24) is 9.88 Å². The molecule has 1 aromatic rings. The number of carbonyl (C=O) groups is 1. The molecule has 1 amide bonds. The summed E-state index contributed by atoms with van der Waals surface area (Å²) in [4.78, 5) is 18.3. The van der Waals surface area contributed by atoms with E-state index in [9.17, 15) is 4.79 Å². The summed E-state index contributed by atoms with van der Waals surface area (Å²) in [6.45, 7) is 8.55. The fraction of sp³-hybridized carbons (Fsp3) is 0.571. The average Bonchev–Trinajstić information content (AvgIpc) is 2.40. The Balaban J connectivity index is 2.69. The third-order valence-corrected chi connectivity index (χ3v) is 2.82. The number of nitrogens with zero attached hydrogens (tertiary/aromatic N) is 2. The highest BCUT2D eigenvalue weighted by Crippen LogP contribution is 2.08. The first-order valence-corrected chi connectivity index (χ1v) is 6.72. The van der Waals surface area contributed by atoms with Crippen LogP contribution in [0.4, 0.5) is 5.82 Å². The number of amides is 1. The largest absolute Gasteiger partial charge is 0.370 e. The van der Waals surface area contributed by atoms with E-state index < -0.39 is 0 Å². The first-order chi connectivity index (χ1) is 8.72. The number of unbranched alkanes of at least 4 members (excludes halogenated alkanes) is 1.